The van der Waals surface area contributed by atoms with Gasteiger partial charge in [0, 0.05) is 6.07 Å². The van der Waals surface area contributed by atoms with Crippen molar-refractivity contribution in [2.45, 2.75) is 26.3 Å². The smallest absolute Gasteiger partial charge is 0.240 e. The lowest BCUT2D eigenvalue weighted by Gasteiger charge is -2.13. The minimum atomic E-state index is -0.148. The number of nitrogens with one attached hydrogen (secondary N) is 1. The molecule has 0 aliphatic heterocycles. The minimum Gasteiger partial charge on any atom is -0.468 e. The summed E-state index contributed by atoms with van der Waals surface area (Å²) in [7, 11) is 1.85. The summed E-state index contributed by atoms with van der Waals surface area (Å²) in [6.45, 7) is 4.85. The van der Waals surface area contributed by atoms with E-state index in [0.717, 1.165) is 11.5 Å². The molecule has 0 radical (unpaired) electrons. The fraction of sp³-hybridized carbons (Fsp3) is 0.429. The molecule has 0 spiro atoms. The van der Waals surface area contributed by atoms with Crippen LogP contribution in [-0.2, 0) is 11.3 Å². The van der Waals surface area contributed by atoms with Crippen LogP contribution in [0.15, 0.2) is 33.4 Å². The third-order valence-corrected chi connectivity index (χ3v) is 2.80. The first kappa shape index (κ1) is 14.3. The van der Waals surface area contributed by atoms with Gasteiger partial charge in [0.2, 0.25) is 11.8 Å². The molecule has 6 heteroatoms. The predicted molar refractivity (Wildman–Crippen MR) is 74.3 cm³/mol. The number of aromatic nitrogens is 1. The van der Waals surface area contributed by atoms with Gasteiger partial charge in [-0.3, -0.25) is 15.0 Å². The molecule has 0 aliphatic carbocycles. The molecule has 0 aliphatic rings. The summed E-state index contributed by atoms with van der Waals surface area (Å²) in [4.78, 5) is 13.7. The molecule has 0 aromatic carbocycles. The van der Waals surface area contributed by atoms with E-state index in [-0.39, 0.29) is 18.4 Å². The topological polar surface area (TPSA) is 71.5 Å². The lowest BCUT2D eigenvalue weighted by atomic mass is 10.1. The zero-order valence-electron chi connectivity index (χ0n) is 11.9. The Kier molecular flexibility index (Phi) is 4.57. The van der Waals surface area contributed by atoms with Crippen molar-refractivity contribution in [2.75, 3.05) is 18.9 Å². The quantitative estimate of drug-likeness (QED) is 0.878. The Bertz CT molecular complexity index is 546. The van der Waals surface area contributed by atoms with Gasteiger partial charge in [-0.05, 0) is 25.1 Å². The van der Waals surface area contributed by atoms with Crippen LogP contribution in [0.5, 0.6) is 0 Å². The van der Waals surface area contributed by atoms with E-state index in [1.54, 1.807) is 12.3 Å². The van der Waals surface area contributed by atoms with Crippen LogP contribution in [0.3, 0.4) is 0 Å². The molecule has 0 unspecified atom stereocenters. The second-order valence-electron chi connectivity index (χ2n) is 5.07. The van der Waals surface area contributed by atoms with Crippen LogP contribution >= 0.6 is 0 Å². The molecular formula is C14H19N3O3. The molecule has 1 N–H and O–H groups in total. The van der Waals surface area contributed by atoms with E-state index >= 15 is 0 Å². The molecule has 2 rings (SSSR count). The van der Waals surface area contributed by atoms with Crippen LogP contribution in [0.2, 0.25) is 0 Å². The van der Waals surface area contributed by atoms with Crippen LogP contribution in [0, 0.1) is 0 Å². The molecule has 0 atom stereocenters. The maximum atomic E-state index is 11.9. The van der Waals surface area contributed by atoms with Crippen LogP contribution < -0.4 is 5.32 Å². The number of anilines is 1. The fourth-order valence-corrected chi connectivity index (χ4v) is 1.77. The number of carbonyl (C=O) groups excluding carboxylic acids is 1. The van der Waals surface area contributed by atoms with E-state index in [4.69, 9.17) is 8.94 Å². The second-order valence-corrected chi connectivity index (χ2v) is 5.07. The zero-order valence-corrected chi connectivity index (χ0v) is 11.9. The van der Waals surface area contributed by atoms with E-state index in [2.05, 4.69) is 10.5 Å². The molecule has 2 heterocycles. The van der Waals surface area contributed by atoms with Gasteiger partial charge in [0.1, 0.15) is 5.76 Å². The van der Waals surface area contributed by atoms with Crippen molar-refractivity contribution in [2.24, 2.45) is 0 Å². The van der Waals surface area contributed by atoms with Crippen molar-refractivity contribution in [3.05, 3.63) is 35.9 Å². The molecule has 108 valence electrons. The van der Waals surface area contributed by atoms with Gasteiger partial charge < -0.3 is 8.94 Å². The molecule has 6 nitrogen and oxygen atoms in total. The summed E-state index contributed by atoms with van der Waals surface area (Å²) in [6.07, 6.45) is 1.62. The highest BCUT2D eigenvalue weighted by Gasteiger charge is 2.12. The molecule has 2 aromatic rings. The lowest BCUT2D eigenvalue weighted by molar-refractivity contribution is -0.117. The van der Waals surface area contributed by atoms with Gasteiger partial charge in [0.05, 0.1) is 25.0 Å². The van der Waals surface area contributed by atoms with Crippen LogP contribution in [-0.4, -0.2) is 29.6 Å². The number of amides is 1. The summed E-state index contributed by atoms with van der Waals surface area (Å²) >= 11 is 0. The Hall–Kier alpha value is -2.08. The first-order valence-corrected chi connectivity index (χ1v) is 6.52. The maximum Gasteiger partial charge on any atom is 0.240 e. The average Bonchev–Trinajstić information content (AvgIpc) is 2.99. The molecule has 0 bridgehead atoms. The zero-order chi connectivity index (χ0) is 14.5. The van der Waals surface area contributed by atoms with Crippen molar-refractivity contribution in [1.82, 2.24) is 10.1 Å². The largest absolute Gasteiger partial charge is 0.468 e. The minimum absolute atomic E-state index is 0.148. The lowest BCUT2D eigenvalue weighted by Crippen LogP contribution is -2.29. The Morgan fingerprint density at radius 1 is 1.50 bits per heavy atom. The predicted octanol–water partition coefficient (Wildman–Crippen LogP) is 2.46. The highest BCUT2D eigenvalue weighted by Crippen LogP contribution is 2.17. The summed E-state index contributed by atoms with van der Waals surface area (Å²) in [5.41, 5.74) is 0.823. The van der Waals surface area contributed by atoms with Crippen LogP contribution in [0.1, 0.15) is 31.2 Å². The average molecular weight is 277 g/mol. The number of likely N-dealkylation sites (N-methyl/N-ethyl adjacent to an activating group) is 1. The molecule has 1 amide bonds. The monoisotopic (exact) mass is 277 g/mol. The third kappa shape index (κ3) is 3.96. The van der Waals surface area contributed by atoms with E-state index in [0.29, 0.717) is 12.4 Å². The van der Waals surface area contributed by atoms with E-state index in [1.807, 2.05) is 37.9 Å². The second kappa shape index (κ2) is 6.38. The van der Waals surface area contributed by atoms with Crippen molar-refractivity contribution in [3.8, 4) is 0 Å². The Morgan fingerprint density at radius 2 is 2.30 bits per heavy atom. The number of hydrogen-bond acceptors (Lipinski definition) is 5. The van der Waals surface area contributed by atoms with Crippen molar-refractivity contribution >= 4 is 11.8 Å². The highest BCUT2D eigenvalue weighted by molar-refractivity contribution is 5.90. The normalized spacial score (nSPS) is 11.2. The highest BCUT2D eigenvalue weighted by atomic mass is 16.5. The van der Waals surface area contributed by atoms with Crippen LogP contribution in [0.25, 0.3) is 0 Å². The summed E-state index contributed by atoms with van der Waals surface area (Å²) < 4.78 is 10.3. The van der Waals surface area contributed by atoms with Crippen molar-refractivity contribution < 1.29 is 13.7 Å². The van der Waals surface area contributed by atoms with Gasteiger partial charge >= 0.3 is 0 Å². The number of rotatable bonds is 6. The molecular weight excluding hydrogens is 258 g/mol. The molecule has 0 saturated heterocycles. The summed E-state index contributed by atoms with van der Waals surface area (Å²) in [5, 5.41) is 6.58. The van der Waals surface area contributed by atoms with Gasteiger partial charge in [0.15, 0.2) is 0 Å². The van der Waals surface area contributed by atoms with E-state index in [9.17, 15) is 4.79 Å². The number of hydrogen-bond donors (Lipinski definition) is 1. The summed E-state index contributed by atoms with van der Waals surface area (Å²) in [6, 6.07) is 5.44. The molecule has 0 saturated carbocycles. The van der Waals surface area contributed by atoms with E-state index in [1.165, 1.54) is 0 Å². The standard InChI is InChI=1S/C14H19N3O3/c1-10(2)12-7-14(20-16-12)15-13(18)9-17(3)8-11-5-4-6-19-11/h4-7,10H,8-9H2,1-3H3,(H,15,18). The first-order chi connectivity index (χ1) is 9.54. The van der Waals surface area contributed by atoms with Gasteiger partial charge in [-0.25, -0.2) is 0 Å². The summed E-state index contributed by atoms with van der Waals surface area (Å²) in [5.74, 6) is 1.32. The number of nitrogens with zero attached hydrogens (tertiary/aromatic N) is 2. The fourth-order valence-electron chi connectivity index (χ4n) is 1.77. The maximum absolute atomic E-state index is 11.9. The van der Waals surface area contributed by atoms with Crippen LogP contribution in [0.4, 0.5) is 5.88 Å². The molecule has 2 aromatic heterocycles. The SMILES string of the molecule is CC(C)c1cc(NC(=O)CN(C)Cc2ccco2)on1. The van der Waals surface area contributed by atoms with E-state index < -0.39 is 0 Å². The first-order valence-electron chi connectivity index (χ1n) is 6.52. The Morgan fingerprint density at radius 3 is 2.90 bits per heavy atom. The van der Waals surface area contributed by atoms with Gasteiger partial charge in [-0.2, -0.15) is 0 Å². The number of carbonyl (C=O) groups is 1. The molecule has 20 heavy (non-hydrogen) atoms. The Balaban J connectivity index is 1.82. The van der Waals surface area contributed by atoms with Gasteiger partial charge in [-0.1, -0.05) is 19.0 Å². The number of furan rings is 1. The van der Waals surface area contributed by atoms with Crippen molar-refractivity contribution in [3.63, 3.8) is 0 Å². The third-order valence-electron chi connectivity index (χ3n) is 2.80. The van der Waals surface area contributed by atoms with Gasteiger partial charge in [0.25, 0.3) is 0 Å². The van der Waals surface area contributed by atoms with Crippen molar-refractivity contribution in [1.29, 1.82) is 0 Å². The molecule has 0 fully saturated rings. The Labute approximate surface area is 117 Å². The van der Waals surface area contributed by atoms with Gasteiger partial charge in [-0.15, -0.1) is 0 Å².